The maximum absolute atomic E-state index is 13.9. The van der Waals surface area contributed by atoms with E-state index in [4.69, 9.17) is 0 Å². The molecule has 1 aromatic rings. The molecule has 0 aliphatic carbocycles. The number of carbonyl (C=O) groups is 2. The van der Waals surface area contributed by atoms with Crippen molar-refractivity contribution in [2.24, 2.45) is 11.8 Å². The zero-order valence-corrected chi connectivity index (χ0v) is 16.7. The van der Waals surface area contributed by atoms with E-state index in [0.717, 1.165) is 12.1 Å². The smallest absolute Gasteiger partial charge is 0.444 e. The quantitative estimate of drug-likeness (QED) is 0.500. The van der Waals surface area contributed by atoms with E-state index in [9.17, 15) is 46.1 Å². The molecule has 7 nitrogen and oxygen atoms in total. The third-order valence-electron chi connectivity index (χ3n) is 4.95. The molecule has 1 fully saturated rings. The zero-order chi connectivity index (χ0) is 24.5. The summed E-state index contributed by atoms with van der Waals surface area (Å²) >= 11 is 0. The van der Waals surface area contributed by atoms with Crippen molar-refractivity contribution in [2.75, 3.05) is 13.2 Å². The van der Waals surface area contributed by atoms with Gasteiger partial charge in [-0.15, -0.1) is 0 Å². The first-order valence-electron chi connectivity index (χ1n) is 9.32. The number of carbonyl (C=O) groups excluding carboxylic acids is 2. The number of halogens is 6. The van der Waals surface area contributed by atoms with Crippen molar-refractivity contribution >= 4 is 11.9 Å². The van der Waals surface area contributed by atoms with Gasteiger partial charge in [-0.3, -0.25) is 9.59 Å². The van der Waals surface area contributed by atoms with Crippen molar-refractivity contribution in [1.29, 1.82) is 0 Å². The van der Waals surface area contributed by atoms with Gasteiger partial charge in [0.2, 0.25) is 0 Å². The summed E-state index contributed by atoms with van der Waals surface area (Å²) in [5, 5.41) is 20.7. The standard InChI is InChI=1S/C19H20F6O7/c1-3-30-14(26)12-11(10-8-6-5-7-9-10)13(15(27)31-4-2)17(29,19(23,24)25)32-16(12,28)18(20,21)22/h5-9,11-13,28-29H,3-4H2,1-2H3. The molecule has 0 bridgehead atoms. The van der Waals surface area contributed by atoms with Crippen LogP contribution in [0.5, 0.6) is 0 Å². The normalized spacial score (nSPS) is 31.1. The van der Waals surface area contributed by atoms with Crippen molar-refractivity contribution in [3.63, 3.8) is 0 Å². The van der Waals surface area contributed by atoms with Gasteiger partial charge in [0.15, 0.2) is 0 Å². The summed E-state index contributed by atoms with van der Waals surface area (Å²) in [6, 6.07) is 5.86. The largest absolute Gasteiger partial charge is 0.466 e. The Bertz CT molecular complexity index is 780. The SMILES string of the molecule is CCOC(=O)C1C(c2ccccc2)C(C(=O)OCC)C(O)(C(F)(F)F)OC1(O)C(F)(F)F. The summed E-state index contributed by atoms with van der Waals surface area (Å²) in [6.07, 6.45) is -12.0. The number of ether oxygens (including phenoxy) is 3. The van der Waals surface area contributed by atoms with Gasteiger partial charge in [-0.2, -0.15) is 26.3 Å². The minimum absolute atomic E-state index is 0.405. The van der Waals surface area contributed by atoms with Crippen LogP contribution < -0.4 is 0 Å². The van der Waals surface area contributed by atoms with E-state index in [2.05, 4.69) is 14.2 Å². The van der Waals surface area contributed by atoms with E-state index in [1.807, 2.05) is 0 Å². The lowest BCUT2D eigenvalue weighted by atomic mass is 9.67. The number of esters is 2. The van der Waals surface area contributed by atoms with Crippen LogP contribution in [-0.2, 0) is 23.8 Å². The number of aliphatic hydroxyl groups is 2. The molecular formula is C19H20F6O7. The lowest BCUT2D eigenvalue weighted by molar-refractivity contribution is -0.507. The number of alkyl halides is 6. The highest BCUT2D eigenvalue weighted by Crippen LogP contribution is 2.59. The van der Waals surface area contributed by atoms with E-state index in [1.165, 1.54) is 32.0 Å². The van der Waals surface area contributed by atoms with Crippen molar-refractivity contribution in [2.45, 2.75) is 43.7 Å². The van der Waals surface area contributed by atoms with E-state index in [0.29, 0.717) is 0 Å². The fourth-order valence-corrected chi connectivity index (χ4v) is 3.65. The molecule has 0 spiro atoms. The van der Waals surface area contributed by atoms with E-state index in [-0.39, 0.29) is 0 Å². The summed E-state index contributed by atoms with van der Waals surface area (Å²) in [7, 11) is 0. The molecule has 1 aromatic carbocycles. The third kappa shape index (κ3) is 4.28. The van der Waals surface area contributed by atoms with Crippen LogP contribution in [0.15, 0.2) is 30.3 Å². The summed E-state index contributed by atoms with van der Waals surface area (Å²) in [5.41, 5.74) is -0.405. The van der Waals surface area contributed by atoms with Crippen LogP contribution in [0.2, 0.25) is 0 Å². The second-order valence-electron chi connectivity index (χ2n) is 6.89. The molecule has 0 aromatic heterocycles. The minimum Gasteiger partial charge on any atom is -0.466 e. The van der Waals surface area contributed by atoms with Gasteiger partial charge in [-0.05, 0) is 19.4 Å². The highest BCUT2D eigenvalue weighted by Gasteiger charge is 2.80. The molecule has 13 heteroatoms. The van der Waals surface area contributed by atoms with Crippen LogP contribution in [0, 0.1) is 11.8 Å². The molecule has 1 saturated heterocycles. The highest BCUT2D eigenvalue weighted by molar-refractivity contribution is 5.81. The summed E-state index contributed by atoms with van der Waals surface area (Å²) < 4.78 is 96.4. The third-order valence-corrected chi connectivity index (χ3v) is 4.95. The Morgan fingerprint density at radius 2 is 1.25 bits per heavy atom. The molecule has 4 unspecified atom stereocenters. The van der Waals surface area contributed by atoms with Crippen LogP contribution in [0.4, 0.5) is 26.3 Å². The molecule has 1 heterocycles. The Morgan fingerprint density at radius 1 is 0.875 bits per heavy atom. The number of benzene rings is 1. The maximum Gasteiger partial charge on any atom is 0.444 e. The van der Waals surface area contributed by atoms with E-state index < -0.39 is 72.4 Å². The van der Waals surface area contributed by atoms with Gasteiger partial charge >= 0.3 is 24.3 Å². The zero-order valence-electron chi connectivity index (χ0n) is 16.7. The molecule has 0 amide bonds. The minimum atomic E-state index is -6.02. The van der Waals surface area contributed by atoms with Crippen molar-refractivity contribution < 1.29 is 60.4 Å². The van der Waals surface area contributed by atoms with Crippen LogP contribution >= 0.6 is 0 Å². The lowest BCUT2D eigenvalue weighted by Crippen LogP contribution is -2.73. The first kappa shape index (κ1) is 25.9. The Labute approximate surface area is 177 Å². The Morgan fingerprint density at radius 3 is 1.56 bits per heavy atom. The van der Waals surface area contributed by atoms with Crippen molar-refractivity contribution in [3.05, 3.63) is 35.9 Å². The summed E-state index contributed by atoms with van der Waals surface area (Å²) in [6.45, 7) is 1.41. The number of rotatable bonds is 5. The van der Waals surface area contributed by atoms with Crippen LogP contribution in [0.1, 0.15) is 25.3 Å². The number of hydrogen-bond acceptors (Lipinski definition) is 7. The molecule has 1 aliphatic heterocycles. The van der Waals surface area contributed by atoms with Gasteiger partial charge in [0.25, 0.3) is 11.6 Å². The first-order chi connectivity index (χ1) is 14.7. The first-order valence-corrected chi connectivity index (χ1v) is 9.32. The summed E-state index contributed by atoms with van der Waals surface area (Å²) in [4.78, 5) is 25.1. The average molecular weight is 474 g/mol. The molecule has 180 valence electrons. The monoisotopic (exact) mass is 474 g/mol. The van der Waals surface area contributed by atoms with Gasteiger partial charge in [0.1, 0.15) is 11.8 Å². The fourth-order valence-electron chi connectivity index (χ4n) is 3.65. The molecule has 1 aliphatic rings. The molecule has 32 heavy (non-hydrogen) atoms. The Balaban J connectivity index is 2.93. The van der Waals surface area contributed by atoms with E-state index in [1.54, 1.807) is 0 Å². The van der Waals surface area contributed by atoms with Crippen molar-refractivity contribution in [3.8, 4) is 0 Å². The Kier molecular flexibility index (Phi) is 7.17. The fraction of sp³-hybridized carbons (Fsp3) is 0.579. The highest BCUT2D eigenvalue weighted by atomic mass is 19.4. The molecule has 4 atom stereocenters. The summed E-state index contributed by atoms with van der Waals surface area (Å²) in [5.74, 6) is -21.6. The van der Waals surface area contributed by atoms with E-state index >= 15 is 0 Å². The maximum atomic E-state index is 13.9. The molecule has 0 radical (unpaired) electrons. The second kappa shape index (κ2) is 8.87. The predicted octanol–water partition coefficient (Wildman–Crippen LogP) is 2.66. The van der Waals surface area contributed by atoms with Crippen molar-refractivity contribution in [1.82, 2.24) is 0 Å². The lowest BCUT2D eigenvalue weighted by Gasteiger charge is -2.53. The second-order valence-corrected chi connectivity index (χ2v) is 6.89. The molecule has 2 rings (SSSR count). The predicted molar refractivity (Wildman–Crippen MR) is 92.5 cm³/mol. The van der Waals surface area contributed by atoms with Gasteiger partial charge in [-0.25, -0.2) is 0 Å². The van der Waals surface area contributed by atoms with Crippen LogP contribution in [0.25, 0.3) is 0 Å². The average Bonchev–Trinajstić information content (AvgIpc) is 2.66. The Hall–Kier alpha value is -2.38. The molecular weight excluding hydrogens is 454 g/mol. The number of hydrogen-bond donors (Lipinski definition) is 2. The van der Waals surface area contributed by atoms with Gasteiger partial charge in [0, 0.05) is 5.92 Å². The van der Waals surface area contributed by atoms with Crippen LogP contribution in [0.3, 0.4) is 0 Å². The topological polar surface area (TPSA) is 102 Å². The van der Waals surface area contributed by atoms with Gasteiger partial charge < -0.3 is 24.4 Å². The molecule has 0 saturated carbocycles. The van der Waals surface area contributed by atoms with Crippen LogP contribution in [-0.4, -0.2) is 59.3 Å². The van der Waals surface area contributed by atoms with Gasteiger partial charge in [-0.1, -0.05) is 30.3 Å². The van der Waals surface area contributed by atoms with Gasteiger partial charge in [0.05, 0.1) is 13.2 Å². The molecule has 2 N–H and O–H groups in total.